The highest BCUT2D eigenvalue weighted by Crippen LogP contribution is 2.61. The van der Waals surface area contributed by atoms with Crippen molar-refractivity contribution in [1.82, 2.24) is 10.6 Å². The molecule has 26 heavy (non-hydrogen) atoms. The maximum absolute atomic E-state index is 11.6. The molecule has 3 saturated carbocycles. The smallest absolute Gasteiger partial charge is 0.207 e. The largest absolute Gasteiger partial charge is 0.354 e. The minimum Gasteiger partial charge on any atom is -0.354 e. The number of carbonyl (C=O) groups is 2. The monoisotopic (exact) mass is 360 g/mol. The van der Waals surface area contributed by atoms with Gasteiger partial charge in [-0.2, -0.15) is 0 Å². The van der Waals surface area contributed by atoms with Crippen LogP contribution in [0.1, 0.15) is 66.2 Å². The zero-order chi connectivity index (χ0) is 19.1. The summed E-state index contributed by atoms with van der Waals surface area (Å²) in [7, 11) is 0. The van der Waals surface area contributed by atoms with Crippen LogP contribution in [0.2, 0.25) is 0 Å². The van der Waals surface area contributed by atoms with Gasteiger partial charge in [0.05, 0.1) is 0 Å². The average Bonchev–Trinajstić information content (AvgIpc) is 2.55. The Bertz CT molecular complexity index is 572. The topological polar surface area (TPSA) is 58.2 Å². The predicted octanol–water partition coefficient (Wildman–Crippen LogP) is 3.67. The number of hydrogen-bond donors (Lipinski definition) is 2. The Morgan fingerprint density at radius 1 is 1.23 bits per heavy atom. The average molecular weight is 361 g/mol. The molecule has 0 saturated heterocycles. The Balaban J connectivity index is 1.98. The van der Waals surface area contributed by atoms with E-state index in [2.05, 4.69) is 44.9 Å². The number of allylic oxidation sites excluding steroid dienone is 1. The molecule has 146 valence electrons. The fourth-order valence-corrected chi connectivity index (χ4v) is 6.95. The molecule has 3 fully saturated rings. The molecule has 0 spiro atoms. The summed E-state index contributed by atoms with van der Waals surface area (Å²) >= 11 is 0. The van der Waals surface area contributed by atoms with Crippen molar-refractivity contribution < 1.29 is 9.59 Å². The lowest BCUT2D eigenvalue weighted by molar-refractivity contribution is -0.123. The summed E-state index contributed by atoms with van der Waals surface area (Å²) in [5.74, 6) is 3.28. The van der Waals surface area contributed by atoms with Crippen molar-refractivity contribution in [1.29, 1.82) is 0 Å². The van der Waals surface area contributed by atoms with Gasteiger partial charge < -0.3 is 10.6 Å². The molecule has 2 N–H and O–H groups in total. The van der Waals surface area contributed by atoms with Crippen LogP contribution in [-0.4, -0.2) is 23.9 Å². The minimum absolute atomic E-state index is 0.0777. The summed E-state index contributed by atoms with van der Waals surface area (Å²) < 4.78 is 0. The predicted molar refractivity (Wildman–Crippen MR) is 104 cm³/mol. The lowest BCUT2D eigenvalue weighted by Gasteiger charge is -2.63. The van der Waals surface area contributed by atoms with Gasteiger partial charge >= 0.3 is 0 Å². The number of hydrogen-bond acceptors (Lipinski definition) is 2. The molecule has 3 rings (SSSR count). The van der Waals surface area contributed by atoms with E-state index in [0.29, 0.717) is 35.5 Å². The number of nitrogens with one attached hydrogen (secondary N) is 2. The molecule has 4 heteroatoms. The van der Waals surface area contributed by atoms with Crippen molar-refractivity contribution in [3.63, 3.8) is 0 Å². The van der Waals surface area contributed by atoms with Crippen LogP contribution >= 0.6 is 0 Å². The van der Waals surface area contributed by atoms with Gasteiger partial charge in [-0.15, -0.1) is 0 Å². The molecule has 2 amide bonds. The minimum atomic E-state index is -0.211. The Kier molecular flexibility index (Phi) is 5.24. The maximum Gasteiger partial charge on any atom is 0.207 e. The summed E-state index contributed by atoms with van der Waals surface area (Å²) in [6.07, 6.45) is 8.43. The SMILES string of the molecule is C=C1CC[C@@]2(NC=O)[C@H]3[C@H](CC[C@@H]2C)[C@@H](C)C[C@@H](CC(C)(C)NC=O)[C@H]13. The standard InChI is InChI=1S/C22H36N2O2/c1-14-8-9-22(24-13-26)16(3)6-7-18-15(2)10-17(19(14)20(18)22)11-21(4,5)23-12-25/h12-13,15-20H,1,6-11H2,2-5H3,(H,23,25)(H,24,26)/t15-,16-,17-,18+,19-,20-,22-/m0/s1. The van der Waals surface area contributed by atoms with Gasteiger partial charge in [0.2, 0.25) is 12.8 Å². The summed E-state index contributed by atoms with van der Waals surface area (Å²) in [6, 6.07) is 0. The first-order chi connectivity index (χ1) is 12.3. The molecule has 0 unspecified atom stereocenters. The van der Waals surface area contributed by atoms with Crippen LogP contribution in [0.5, 0.6) is 0 Å². The quantitative estimate of drug-likeness (QED) is 0.561. The van der Waals surface area contributed by atoms with Gasteiger partial charge in [0.1, 0.15) is 0 Å². The van der Waals surface area contributed by atoms with E-state index in [4.69, 9.17) is 0 Å². The van der Waals surface area contributed by atoms with Crippen molar-refractivity contribution in [2.45, 2.75) is 77.3 Å². The fraction of sp³-hybridized carbons (Fsp3) is 0.818. The highest BCUT2D eigenvalue weighted by atomic mass is 16.1. The third-order valence-corrected chi connectivity index (χ3v) is 8.05. The molecule has 0 bridgehead atoms. The lowest BCUT2D eigenvalue weighted by atomic mass is 9.44. The Morgan fingerprint density at radius 2 is 1.96 bits per heavy atom. The molecule has 0 aromatic heterocycles. The molecule has 0 heterocycles. The second kappa shape index (κ2) is 7.01. The van der Waals surface area contributed by atoms with Crippen LogP contribution < -0.4 is 10.6 Å². The first kappa shape index (κ1) is 19.4. The summed E-state index contributed by atoms with van der Waals surface area (Å²) in [5, 5.41) is 6.34. The van der Waals surface area contributed by atoms with Gasteiger partial charge in [-0.1, -0.05) is 26.0 Å². The molecule has 0 aromatic rings. The van der Waals surface area contributed by atoms with Crippen molar-refractivity contribution in [3.8, 4) is 0 Å². The zero-order valence-electron chi connectivity index (χ0n) is 16.9. The maximum atomic E-state index is 11.6. The zero-order valence-corrected chi connectivity index (χ0v) is 16.9. The molecule has 0 aromatic carbocycles. The molecule has 0 aliphatic heterocycles. The van der Waals surface area contributed by atoms with Crippen LogP contribution in [0.15, 0.2) is 12.2 Å². The molecular weight excluding hydrogens is 324 g/mol. The normalized spacial score (nSPS) is 42.5. The van der Waals surface area contributed by atoms with E-state index in [9.17, 15) is 9.59 Å². The van der Waals surface area contributed by atoms with E-state index in [1.165, 1.54) is 24.8 Å². The van der Waals surface area contributed by atoms with Crippen molar-refractivity contribution in [2.75, 3.05) is 0 Å². The van der Waals surface area contributed by atoms with Gasteiger partial charge in [-0.05, 0) is 87.9 Å². The summed E-state index contributed by atoms with van der Waals surface area (Å²) in [5.41, 5.74) is 1.08. The fourth-order valence-electron chi connectivity index (χ4n) is 6.95. The van der Waals surface area contributed by atoms with E-state index in [1.807, 2.05) is 0 Å². The first-order valence-corrected chi connectivity index (χ1v) is 10.4. The molecule has 7 atom stereocenters. The highest BCUT2D eigenvalue weighted by Gasteiger charge is 2.59. The van der Waals surface area contributed by atoms with Gasteiger partial charge in [-0.25, -0.2) is 0 Å². The van der Waals surface area contributed by atoms with Crippen LogP contribution in [0.3, 0.4) is 0 Å². The van der Waals surface area contributed by atoms with E-state index in [1.54, 1.807) is 0 Å². The van der Waals surface area contributed by atoms with Crippen LogP contribution in [0.4, 0.5) is 0 Å². The molecule has 4 nitrogen and oxygen atoms in total. The third-order valence-electron chi connectivity index (χ3n) is 8.05. The second-order valence-corrected chi connectivity index (χ2v) is 9.98. The molecular formula is C22H36N2O2. The Morgan fingerprint density at radius 3 is 2.62 bits per heavy atom. The van der Waals surface area contributed by atoms with E-state index in [0.717, 1.165) is 32.1 Å². The van der Waals surface area contributed by atoms with Gasteiger partial charge in [-0.3, -0.25) is 9.59 Å². The van der Waals surface area contributed by atoms with Crippen LogP contribution in [0, 0.1) is 35.5 Å². The van der Waals surface area contributed by atoms with Gasteiger partial charge in [0.15, 0.2) is 0 Å². The van der Waals surface area contributed by atoms with Crippen LogP contribution in [-0.2, 0) is 9.59 Å². The molecule has 3 aliphatic carbocycles. The number of amides is 2. The Hall–Kier alpha value is -1.32. The van der Waals surface area contributed by atoms with E-state index >= 15 is 0 Å². The number of carbonyl (C=O) groups excluding carboxylic acids is 2. The summed E-state index contributed by atoms with van der Waals surface area (Å²) in [4.78, 5) is 22.6. The van der Waals surface area contributed by atoms with E-state index < -0.39 is 0 Å². The second-order valence-electron chi connectivity index (χ2n) is 9.98. The molecule has 3 aliphatic rings. The highest BCUT2D eigenvalue weighted by molar-refractivity contribution is 5.49. The van der Waals surface area contributed by atoms with Crippen molar-refractivity contribution >= 4 is 12.8 Å². The van der Waals surface area contributed by atoms with Gasteiger partial charge in [0, 0.05) is 11.1 Å². The van der Waals surface area contributed by atoms with E-state index in [-0.39, 0.29) is 11.1 Å². The lowest BCUT2D eigenvalue weighted by Crippen LogP contribution is -2.67. The Labute approximate surface area is 158 Å². The van der Waals surface area contributed by atoms with Crippen molar-refractivity contribution in [2.24, 2.45) is 35.5 Å². The summed E-state index contributed by atoms with van der Waals surface area (Å²) in [6.45, 7) is 13.4. The van der Waals surface area contributed by atoms with Crippen molar-refractivity contribution in [3.05, 3.63) is 12.2 Å². The molecule has 0 radical (unpaired) electrons. The first-order valence-electron chi connectivity index (χ1n) is 10.4. The third kappa shape index (κ3) is 3.10. The number of rotatable bonds is 6. The van der Waals surface area contributed by atoms with Crippen LogP contribution in [0.25, 0.3) is 0 Å². The van der Waals surface area contributed by atoms with Gasteiger partial charge in [0.25, 0.3) is 0 Å².